The van der Waals surface area contributed by atoms with E-state index in [9.17, 15) is 0 Å². The molecule has 13 heavy (non-hydrogen) atoms. The molecule has 0 radical (unpaired) electrons. The highest BCUT2D eigenvalue weighted by Crippen LogP contribution is 2.08. The molecule has 1 rings (SSSR count). The first-order chi connectivity index (χ1) is 6.24. The van der Waals surface area contributed by atoms with Crippen LogP contribution < -0.4 is 11.3 Å². The van der Waals surface area contributed by atoms with E-state index in [0.717, 1.165) is 0 Å². The number of hydrogen-bond donors (Lipinski definition) is 2. The minimum atomic E-state index is 0.0358. The first-order valence-corrected chi connectivity index (χ1v) is 4.54. The van der Waals surface area contributed by atoms with Crippen LogP contribution in [0.5, 0.6) is 0 Å². The van der Waals surface area contributed by atoms with Crippen LogP contribution in [0, 0.1) is 0 Å². The van der Waals surface area contributed by atoms with E-state index in [2.05, 4.69) is 11.5 Å². The van der Waals surface area contributed by atoms with Crippen LogP contribution in [0.3, 0.4) is 0 Å². The average molecular weight is 186 g/mol. The molecule has 1 aliphatic heterocycles. The van der Waals surface area contributed by atoms with Crippen LogP contribution >= 0.6 is 0 Å². The SMILES string of the molecule is CC(C)=CC(NN)C1COCCO1. The summed E-state index contributed by atoms with van der Waals surface area (Å²) in [7, 11) is 0. The summed E-state index contributed by atoms with van der Waals surface area (Å²) in [5, 5.41) is 0. The smallest absolute Gasteiger partial charge is 0.101 e. The number of hydrogen-bond acceptors (Lipinski definition) is 4. The Hall–Kier alpha value is -0.420. The molecule has 0 aromatic heterocycles. The largest absolute Gasteiger partial charge is 0.376 e. The van der Waals surface area contributed by atoms with E-state index in [0.29, 0.717) is 19.8 Å². The predicted molar refractivity (Wildman–Crippen MR) is 51.1 cm³/mol. The van der Waals surface area contributed by atoms with Crippen molar-refractivity contribution in [2.45, 2.75) is 26.0 Å². The van der Waals surface area contributed by atoms with Crippen LogP contribution in [0.4, 0.5) is 0 Å². The van der Waals surface area contributed by atoms with Crippen LogP contribution in [0.25, 0.3) is 0 Å². The van der Waals surface area contributed by atoms with Crippen LogP contribution in [0.1, 0.15) is 13.8 Å². The highest BCUT2D eigenvalue weighted by Gasteiger charge is 2.22. The molecule has 2 atom stereocenters. The lowest BCUT2D eigenvalue weighted by Gasteiger charge is -2.28. The fourth-order valence-electron chi connectivity index (χ4n) is 1.34. The molecule has 2 unspecified atom stereocenters. The van der Waals surface area contributed by atoms with Gasteiger partial charge in [-0.3, -0.25) is 11.3 Å². The molecule has 0 saturated carbocycles. The molecular weight excluding hydrogens is 168 g/mol. The van der Waals surface area contributed by atoms with Crippen molar-refractivity contribution >= 4 is 0 Å². The van der Waals surface area contributed by atoms with Crippen molar-refractivity contribution in [3.63, 3.8) is 0 Å². The molecule has 1 aliphatic rings. The highest BCUT2D eigenvalue weighted by atomic mass is 16.6. The Balaban J connectivity index is 2.49. The maximum Gasteiger partial charge on any atom is 0.101 e. The molecule has 4 nitrogen and oxygen atoms in total. The van der Waals surface area contributed by atoms with Gasteiger partial charge in [-0.1, -0.05) is 11.6 Å². The summed E-state index contributed by atoms with van der Waals surface area (Å²) in [6.07, 6.45) is 2.09. The third-order valence-electron chi connectivity index (χ3n) is 1.95. The van der Waals surface area contributed by atoms with Gasteiger partial charge in [0.25, 0.3) is 0 Å². The molecule has 1 saturated heterocycles. The van der Waals surface area contributed by atoms with E-state index in [4.69, 9.17) is 15.3 Å². The molecule has 76 valence electrons. The maximum atomic E-state index is 5.52. The van der Waals surface area contributed by atoms with Crippen LogP contribution in [-0.2, 0) is 9.47 Å². The predicted octanol–water partition coefficient (Wildman–Crippen LogP) is 0.200. The van der Waals surface area contributed by atoms with Gasteiger partial charge in [0.15, 0.2) is 0 Å². The minimum absolute atomic E-state index is 0.0358. The Labute approximate surface area is 79.1 Å². The van der Waals surface area contributed by atoms with E-state index >= 15 is 0 Å². The van der Waals surface area contributed by atoms with Crippen molar-refractivity contribution in [1.82, 2.24) is 5.43 Å². The molecule has 0 aliphatic carbocycles. The van der Waals surface area contributed by atoms with Gasteiger partial charge >= 0.3 is 0 Å². The Morgan fingerprint density at radius 3 is 2.77 bits per heavy atom. The summed E-state index contributed by atoms with van der Waals surface area (Å²) in [6.45, 7) is 6.02. The molecule has 3 N–H and O–H groups in total. The summed E-state index contributed by atoms with van der Waals surface area (Å²) >= 11 is 0. The molecule has 0 aromatic carbocycles. The van der Waals surface area contributed by atoms with Gasteiger partial charge in [0.05, 0.1) is 25.9 Å². The normalized spacial score (nSPS) is 25.3. The number of nitrogens with one attached hydrogen (secondary N) is 1. The molecule has 4 heteroatoms. The zero-order valence-electron chi connectivity index (χ0n) is 8.25. The standard InChI is InChI=1S/C9H18N2O2/c1-7(2)5-8(11-10)9-6-12-3-4-13-9/h5,8-9,11H,3-4,6,10H2,1-2H3. The molecule has 0 aromatic rings. The quantitative estimate of drug-likeness (QED) is 0.375. The average Bonchev–Trinajstić information content (AvgIpc) is 2.15. The fourth-order valence-corrected chi connectivity index (χ4v) is 1.34. The fraction of sp³-hybridized carbons (Fsp3) is 0.778. The second kappa shape index (κ2) is 5.34. The maximum absolute atomic E-state index is 5.52. The molecule has 0 bridgehead atoms. The number of nitrogens with two attached hydrogens (primary N) is 1. The van der Waals surface area contributed by atoms with Crippen molar-refractivity contribution in [3.05, 3.63) is 11.6 Å². The second-order valence-electron chi connectivity index (χ2n) is 3.42. The summed E-state index contributed by atoms with van der Waals surface area (Å²) in [6, 6.07) is 0.0466. The van der Waals surface area contributed by atoms with Gasteiger partial charge in [-0.05, 0) is 13.8 Å². The molecule has 0 spiro atoms. The second-order valence-corrected chi connectivity index (χ2v) is 3.42. The van der Waals surface area contributed by atoms with Crippen molar-refractivity contribution in [3.8, 4) is 0 Å². The summed E-state index contributed by atoms with van der Waals surface area (Å²) in [4.78, 5) is 0. The lowest BCUT2D eigenvalue weighted by molar-refractivity contribution is -0.0956. The van der Waals surface area contributed by atoms with Gasteiger partial charge in [-0.15, -0.1) is 0 Å². The Kier molecular flexibility index (Phi) is 4.38. The molecular formula is C9H18N2O2. The third kappa shape index (κ3) is 3.44. The summed E-state index contributed by atoms with van der Waals surface area (Å²) in [5.41, 5.74) is 3.94. The highest BCUT2D eigenvalue weighted by molar-refractivity contribution is 5.03. The Morgan fingerprint density at radius 1 is 1.54 bits per heavy atom. The first-order valence-electron chi connectivity index (χ1n) is 4.54. The molecule has 1 fully saturated rings. The number of hydrazine groups is 1. The Morgan fingerprint density at radius 2 is 2.31 bits per heavy atom. The van der Waals surface area contributed by atoms with Gasteiger partial charge in [-0.25, -0.2) is 0 Å². The lowest BCUT2D eigenvalue weighted by atomic mass is 10.1. The number of allylic oxidation sites excluding steroid dienone is 1. The van der Waals surface area contributed by atoms with Gasteiger partial charge < -0.3 is 9.47 Å². The zero-order chi connectivity index (χ0) is 9.68. The monoisotopic (exact) mass is 186 g/mol. The minimum Gasteiger partial charge on any atom is -0.376 e. The van der Waals surface area contributed by atoms with Gasteiger partial charge in [0.1, 0.15) is 6.10 Å². The van der Waals surface area contributed by atoms with E-state index in [-0.39, 0.29) is 12.1 Å². The molecule has 0 amide bonds. The van der Waals surface area contributed by atoms with Crippen molar-refractivity contribution in [2.24, 2.45) is 5.84 Å². The lowest BCUT2D eigenvalue weighted by Crippen LogP contribution is -2.48. The van der Waals surface area contributed by atoms with Crippen molar-refractivity contribution < 1.29 is 9.47 Å². The van der Waals surface area contributed by atoms with Crippen LogP contribution in [0.2, 0.25) is 0 Å². The number of ether oxygens (including phenoxy) is 2. The van der Waals surface area contributed by atoms with Crippen molar-refractivity contribution in [2.75, 3.05) is 19.8 Å². The Bertz CT molecular complexity index is 172. The molecule has 1 heterocycles. The zero-order valence-corrected chi connectivity index (χ0v) is 8.25. The number of rotatable bonds is 3. The van der Waals surface area contributed by atoms with Gasteiger partial charge in [-0.2, -0.15) is 0 Å². The third-order valence-corrected chi connectivity index (χ3v) is 1.95. The van der Waals surface area contributed by atoms with E-state index < -0.39 is 0 Å². The van der Waals surface area contributed by atoms with Crippen LogP contribution in [-0.4, -0.2) is 32.0 Å². The van der Waals surface area contributed by atoms with E-state index in [1.54, 1.807) is 0 Å². The van der Waals surface area contributed by atoms with Gasteiger partial charge in [0, 0.05) is 0 Å². The van der Waals surface area contributed by atoms with E-state index in [1.807, 2.05) is 13.8 Å². The van der Waals surface area contributed by atoms with E-state index in [1.165, 1.54) is 5.57 Å². The first kappa shape index (κ1) is 10.7. The van der Waals surface area contributed by atoms with Crippen LogP contribution in [0.15, 0.2) is 11.6 Å². The van der Waals surface area contributed by atoms with Crippen molar-refractivity contribution in [1.29, 1.82) is 0 Å². The topological polar surface area (TPSA) is 56.5 Å². The van der Waals surface area contributed by atoms with Gasteiger partial charge in [0.2, 0.25) is 0 Å². The summed E-state index contributed by atoms with van der Waals surface area (Å²) in [5.74, 6) is 5.42. The summed E-state index contributed by atoms with van der Waals surface area (Å²) < 4.78 is 10.8.